The Bertz CT molecular complexity index is 729. The molecule has 24 heavy (non-hydrogen) atoms. The highest BCUT2D eigenvalue weighted by Gasteiger charge is 2.22. The summed E-state index contributed by atoms with van der Waals surface area (Å²) in [6.07, 6.45) is -0.891. The van der Waals surface area contributed by atoms with E-state index in [9.17, 15) is 9.90 Å². The monoisotopic (exact) mass is 350 g/mol. The number of aryl methyl sites for hydroxylation is 1. The van der Waals surface area contributed by atoms with Crippen molar-refractivity contribution in [1.29, 1.82) is 0 Å². The number of methoxy groups -OCH3 is 2. The maximum atomic E-state index is 11.6. The van der Waals surface area contributed by atoms with Crippen LogP contribution in [0, 0.1) is 6.92 Å². The lowest BCUT2D eigenvalue weighted by Gasteiger charge is -2.17. The predicted octanol–water partition coefficient (Wildman–Crippen LogP) is 3.74. The molecular formula is C18H19ClO5. The maximum Gasteiger partial charge on any atom is 0.345 e. The smallest absolute Gasteiger partial charge is 0.345 e. The van der Waals surface area contributed by atoms with E-state index in [0.29, 0.717) is 22.3 Å². The molecule has 5 nitrogen and oxygen atoms in total. The van der Waals surface area contributed by atoms with Crippen LogP contribution >= 0.6 is 11.6 Å². The first-order chi connectivity index (χ1) is 11.4. The van der Waals surface area contributed by atoms with Crippen LogP contribution in [0.15, 0.2) is 36.4 Å². The van der Waals surface area contributed by atoms with E-state index in [0.717, 1.165) is 11.1 Å². The Balaban J connectivity index is 2.22. The van der Waals surface area contributed by atoms with Crippen LogP contribution in [0.4, 0.5) is 0 Å². The van der Waals surface area contributed by atoms with E-state index in [1.807, 2.05) is 6.92 Å². The van der Waals surface area contributed by atoms with Crippen LogP contribution in [-0.2, 0) is 11.2 Å². The molecule has 0 aliphatic heterocycles. The van der Waals surface area contributed by atoms with Crippen molar-refractivity contribution < 1.29 is 24.1 Å². The molecule has 0 saturated heterocycles. The molecule has 2 rings (SSSR count). The molecule has 0 fully saturated rings. The molecule has 2 aromatic carbocycles. The van der Waals surface area contributed by atoms with E-state index in [1.165, 1.54) is 7.11 Å². The van der Waals surface area contributed by atoms with Gasteiger partial charge in [0.25, 0.3) is 0 Å². The predicted molar refractivity (Wildman–Crippen MR) is 91.5 cm³/mol. The van der Waals surface area contributed by atoms with Crippen molar-refractivity contribution in [2.45, 2.75) is 19.4 Å². The first-order valence-electron chi connectivity index (χ1n) is 7.31. The molecule has 1 atom stereocenters. The Morgan fingerprint density at radius 1 is 1.12 bits per heavy atom. The summed E-state index contributed by atoms with van der Waals surface area (Å²) in [7, 11) is 3.08. The van der Waals surface area contributed by atoms with Gasteiger partial charge in [-0.3, -0.25) is 0 Å². The van der Waals surface area contributed by atoms with Gasteiger partial charge < -0.3 is 19.3 Å². The fourth-order valence-corrected chi connectivity index (χ4v) is 2.37. The lowest BCUT2D eigenvalue weighted by atomic mass is 10.1. The first kappa shape index (κ1) is 17.9. The summed E-state index contributed by atoms with van der Waals surface area (Å²) in [5.41, 5.74) is 1.54. The molecule has 2 aromatic rings. The maximum absolute atomic E-state index is 11.6. The van der Waals surface area contributed by atoms with Crippen LogP contribution in [0.25, 0.3) is 0 Å². The normalized spacial score (nSPS) is 11.7. The molecule has 0 aromatic heterocycles. The van der Waals surface area contributed by atoms with Crippen LogP contribution in [-0.4, -0.2) is 31.4 Å². The van der Waals surface area contributed by atoms with Crippen molar-refractivity contribution in [3.8, 4) is 17.2 Å². The minimum atomic E-state index is -1.06. The van der Waals surface area contributed by atoms with Crippen LogP contribution in [0.1, 0.15) is 11.1 Å². The average Bonchev–Trinajstić information content (AvgIpc) is 2.57. The van der Waals surface area contributed by atoms with Gasteiger partial charge in [-0.2, -0.15) is 0 Å². The van der Waals surface area contributed by atoms with E-state index in [2.05, 4.69) is 0 Å². The minimum Gasteiger partial charge on any atom is -0.497 e. The quantitative estimate of drug-likeness (QED) is 0.824. The highest BCUT2D eigenvalue weighted by molar-refractivity contribution is 6.31. The number of carboxylic acid groups (broad SMARTS) is 1. The number of rotatable bonds is 7. The van der Waals surface area contributed by atoms with E-state index in [1.54, 1.807) is 43.5 Å². The third kappa shape index (κ3) is 4.32. The van der Waals surface area contributed by atoms with Crippen molar-refractivity contribution in [3.63, 3.8) is 0 Å². The molecule has 0 spiro atoms. The van der Waals surface area contributed by atoms with E-state index < -0.39 is 12.1 Å². The molecule has 0 bridgehead atoms. The zero-order chi connectivity index (χ0) is 17.7. The van der Waals surface area contributed by atoms with E-state index >= 15 is 0 Å². The van der Waals surface area contributed by atoms with Crippen molar-refractivity contribution in [3.05, 3.63) is 52.5 Å². The molecule has 0 saturated carbocycles. The summed E-state index contributed by atoms with van der Waals surface area (Å²) in [6, 6.07) is 10.3. The zero-order valence-corrected chi connectivity index (χ0v) is 14.5. The molecule has 0 aliphatic rings. The Labute approximate surface area is 145 Å². The second kappa shape index (κ2) is 7.93. The molecule has 0 amide bonds. The summed E-state index contributed by atoms with van der Waals surface area (Å²) in [5.74, 6) is 0.588. The van der Waals surface area contributed by atoms with Crippen LogP contribution in [0.3, 0.4) is 0 Å². The second-order valence-corrected chi connectivity index (χ2v) is 5.64. The van der Waals surface area contributed by atoms with Gasteiger partial charge >= 0.3 is 5.97 Å². The fraction of sp³-hybridized carbons (Fsp3) is 0.278. The van der Waals surface area contributed by atoms with Crippen molar-refractivity contribution in [1.82, 2.24) is 0 Å². The fourth-order valence-electron chi connectivity index (χ4n) is 2.25. The summed E-state index contributed by atoms with van der Waals surface area (Å²) < 4.78 is 16.1. The number of benzene rings is 2. The number of aliphatic carboxylic acids is 1. The van der Waals surface area contributed by atoms with Gasteiger partial charge in [-0.1, -0.05) is 17.7 Å². The van der Waals surface area contributed by atoms with Crippen molar-refractivity contribution in [2.24, 2.45) is 0 Å². The van der Waals surface area contributed by atoms with Crippen molar-refractivity contribution in [2.75, 3.05) is 14.2 Å². The summed E-state index contributed by atoms with van der Waals surface area (Å²) in [6.45, 7) is 1.83. The second-order valence-electron chi connectivity index (χ2n) is 5.24. The van der Waals surface area contributed by atoms with E-state index in [-0.39, 0.29) is 6.42 Å². The number of carbonyl (C=O) groups is 1. The molecule has 0 unspecified atom stereocenters. The Morgan fingerprint density at radius 3 is 2.42 bits per heavy atom. The molecule has 0 radical (unpaired) electrons. The number of carboxylic acids is 1. The topological polar surface area (TPSA) is 65.0 Å². The molecule has 6 heteroatoms. The average molecular weight is 351 g/mol. The van der Waals surface area contributed by atoms with Gasteiger partial charge in [0, 0.05) is 17.5 Å². The van der Waals surface area contributed by atoms with Crippen LogP contribution in [0.2, 0.25) is 5.02 Å². The van der Waals surface area contributed by atoms with Gasteiger partial charge in [0.1, 0.15) is 17.2 Å². The Hall–Kier alpha value is -2.40. The summed E-state index contributed by atoms with van der Waals surface area (Å²) >= 11 is 5.98. The standard InChI is InChI=1S/C18H19ClO5/c1-11-8-14(6-7-15(11)19)24-17(18(20)21)9-12-4-5-13(22-2)10-16(12)23-3/h4-8,10,17H,9H2,1-3H3,(H,20,21)/t17-/m0/s1. The Kier molecular flexibility index (Phi) is 5.93. The summed E-state index contributed by atoms with van der Waals surface area (Å²) in [5, 5.41) is 10.1. The summed E-state index contributed by atoms with van der Waals surface area (Å²) in [4.78, 5) is 11.6. The van der Waals surface area contributed by atoms with Gasteiger partial charge in [0.05, 0.1) is 14.2 Å². The van der Waals surface area contributed by atoms with E-state index in [4.69, 9.17) is 25.8 Å². The third-order valence-corrected chi connectivity index (χ3v) is 4.01. The largest absolute Gasteiger partial charge is 0.497 e. The number of halogens is 1. The molecular weight excluding hydrogens is 332 g/mol. The van der Waals surface area contributed by atoms with Gasteiger partial charge in [-0.25, -0.2) is 4.79 Å². The van der Waals surface area contributed by atoms with Gasteiger partial charge in [0.15, 0.2) is 6.10 Å². The third-order valence-electron chi connectivity index (χ3n) is 3.58. The number of ether oxygens (including phenoxy) is 3. The van der Waals surface area contributed by atoms with Gasteiger partial charge in [0.2, 0.25) is 0 Å². The lowest BCUT2D eigenvalue weighted by Crippen LogP contribution is -2.29. The minimum absolute atomic E-state index is 0.157. The van der Waals surface area contributed by atoms with Crippen molar-refractivity contribution >= 4 is 17.6 Å². The number of hydrogen-bond acceptors (Lipinski definition) is 4. The lowest BCUT2D eigenvalue weighted by molar-refractivity contribution is -0.145. The Morgan fingerprint density at radius 2 is 1.83 bits per heavy atom. The molecule has 0 heterocycles. The van der Waals surface area contributed by atoms with Crippen LogP contribution < -0.4 is 14.2 Å². The number of hydrogen-bond donors (Lipinski definition) is 1. The molecule has 128 valence electrons. The molecule has 1 N–H and O–H groups in total. The molecule has 0 aliphatic carbocycles. The SMILES string of the molecule is COc1ccc(C[C@H](Oc2ccc(Cl)c(C)c2)C(=O)O)c(OC)c1. The van der Waals surface area contributed by atoms with Gasteiger partial charge in [-0.15, -0.1) is 0 Å². The highest BCUT2D eigenvalue weighted by Crippen LogP contribution is 2.27. The highest BCUT2D eigenvalue weighted by atomic mass is 35.5. The van der Waals surface area contributed by atoms with Gasteiger partial charge in [-0.05, 0) is 42.3 Å². The van der Waals surface area contributed by atoms with Crippen LogP contribution in [0.5, 0.6) is 17.2 Å². The zero-order valence-electron chi connectivity index (χ0n) is 13.7. The first-order valence-corrected chi connectivity index (χ1v) is 7.69.